The van der Waals surface area contributed by atoms with E-state index in [9.17, 15) is 37.4 Å². The van der Waals surface area contributed by atoms with Crippen molar-refractivity contribution in [2.75, 3.05) is 19.9 Å². The average molecular weight is 455 g/mol. The van der Waals surface area contributed by atoms with Gasteiger partial charge in [-0.15, -0.1) is 0 Å². The van der Waals surface area contributed by atoms with Crippen molar-refractivity contribution in [2.45, 2.75) is 26.2 Å². The lowest BCUT2D eigenvalue weighted by Crippen LogP contribution is -2.36. The summed E-state index contributed by atoms with van der Waals surface area (Å²) < 4.78 is 66.8. The van der Waals surface area contributed by atoms with Crippen LogP contribution in [0.3, 0.4) is 0 Å². The highest BCUT2D eigenvalue weighted by atomic mass is 31.2. The molecule has 2 rings (SSSR count). The van der Waals surface area contributed by atoms with Gasteiger partial charge in [0.2, 0.25) is 5.75 Å². The van der Waals surface area contributed by atoms with Crippen LogP contribution in [0.25, 0.3) is 11.0 Å². The molecule has 0 saturated heterocycles. The molecule has 0 amide bonds. The molecular formula is C15H17F3N3O8P. The summed E-state index contributed by atoms with van der Waals surface area (Å²) in [6.45, 7) is 0.577. The third-order valence-corrected chi connectivity index (χ3v) is 5.57. The number of nitro benzene ring substituents is 1. The molecule has 1 N–H and O–H groups in total. The summed E-state index contributed by atoms with van der Waals surface area (Å²) in [4.78, 5) is 36.5. The minimum absolute atomic E-state index is 0.0737. The Morgan fingerprint density at radius 2 is 1.83 bits per heavy atom. The number of aromatic nitrogens is 2. The van der Waals surface area contributed by atoms with Crippen molar-refractivity contribution in [2.24, 2.45) is 0 Å². The summed E-state index contributed by atoms with van der Waals surface area (Å²) in [5.74, 6) is -1.07. The number of fused-ring (bicyclic) bond motifs is 1. The van der Waals surface area contributed by atoms with E-state index in [1.807, 2.05) is 0 Å². The minimum atomic E-state index is -4.39. The van der Waals surface area contributed by atoms with E-state index in [0.717, 1.165) is 0 Å². The van der Waals surface area contributed by atoms with Crippen LogP contribution in [0.1, 0.15) is 13.8 Å². The number of ether oxygens (including phenoxy) is 1. The second-order valence-electron chi connectivity index (χ2n) is 5.74. The van der Waals surface area contributed by atoms with Gasteiger partial charge in [0, 0.05) is 12.1 Å². The third-order valence-electron chi connectivity index (χ3n) is 3.63. The second kappa shape index (κ2) is 8.98. The van der Waals surface area contributed by atoms with E-state index in [1.54, 1.807) is 0 Å². The van der Waals surface area contributed by atoms with Crippen LogP contribution in [0.2, 0.25) is 0 Å². The van der Waals surface area contributed by atoms with Crippen LogP contribution in [-0.4, -0.2) is 40.5 Å². The molecule has 0 spiro atoms. The largest absolute Gasteiger partial charge is 0.427 e. The lowest BCUT2D eigenvalue weighted by Gasteiger charge is -2.20. The van der Waals surface area contributed by atoms with Crippen LogP contribution < -0.4 is 15.9 Å². The quantitative estimate of drug-likeness (QED) is 0.249. The first-order chi connectivity index (χ1) is 14.0. The van der Waals surface area contributed by atoms with Gasteiger partial charge in [0.1, 0.15) is 6.29 Å². The molecule has 166 valence electrons. The maximum Gasteiger partial charge on any atom is 0.427 e. The van der Waals surface area contributed by atoms with Crippen molar-refractivity contribution < 1.29 is 36.4 Å². The molecule has 0 aliphatic heterocycles. The lowest BCUT2D eigenvalue weighted by atomic mass is 10.2. The SMILES string of the molecule is CCOP(=O)(Cn1c(=O)c(=O)[nH]c2cc([N+](=O)[O-])c(OC(F)(F)CF)cc21)OCC. The summed E-state index contributed by atoms with van der Waals surface area (Å²) in [7, 11) is -3.96. The Morgan fingerprint density at radius 3 is 2.33 bits per heavy atom. The molecule has 0 unspecified atom stereocenters. The highest BCUT2D eigenvalue weighted by Gasteiger charge is 2.35. The molecule has 1 aromatic carbocycles. The Kier molecular flexibility index (Phi) is 7.06. The number of benzene rings is 1. The number of nitrogens with one attached hydrogen (secondary N) is 1. The fourth-order valence-electron chi connectivity index (χ4n) is 2.53. The van der Waals surface area contributed by atoms with Crippen molar-refractivity contribution >= 4 is 24.3 Å². The molecule has 2 aromatic rings. The minimum Gasteiger partial charge on any atom is -0.423 e. The first-order valence-electron chi connectivity index (χ1n) is 8.43. The molecule has 0 saturated carbocycles. The summed E-state index contributed by atoms with van der Waals surface area (Å²) in [6, 6.07) is 1.29. The molecule has 0 fully saturated rings. The number of aromatic amines is 1. The average Bonchev–Trinajstić information content (AvgIpc) is 2.65. The number of hydrogen-bond donors (Lipinski definition) is 1. The first kappa shape index (κ1) is 23.6. The molecule has 1 aromatic heterocycles. The van der Waals surface area contributed by atoms with E-state index < -0.39 is 54.1 Å². The van der Waals surface area contributed by atoms with E-state index in [2.05, 4.69) is 9.72 Å². The predicted octanol–water partition coefficient (Wildman–Crippen LogP) is 2.76. The number of nitro groups is 1. The van der Waals surface area contributed by atoms with E-state index >= 15 is 0 Å². The number of halogens is 3. The van der Waals surface area contributed by atoms with Crippen molar-refractivity contribution in [3.05, 3.63) is 43.0 Å². The van der Waals surface area contributed by atoms with Gasteiger partial charge in [0.15, 0.2) is 6.67 Å². The maximum absolute atomic E-state index is 13.4. The van der Waals surface area contributed by atoms with Crippen LogP contribution >= 0.6 is 7.60 Å². The van der Waals surface area contributed by atoms with Gasteiger partial charge in [0.05, 0.1) is 29.2 Å². The predicted molar refractivity (Wildman–Crippen MR) is 97.9 cm³/mol. The van der Waals surface area contributed by atoms with Crippen LogP contribution in [0.4, 0.5) is 18.9 Å². The lowest BCUT2D eigenvalue weighted by molar-refractivity contribution is -0.387. The normalized spacial score (nSPS) is 12.3. The summed E-state index contributed by atoms with van der Waals surface area (Å²) in [5, 5.41) is 11.2. The van der Waals surface area contributed by atoms with E-state index in [1.165, 1.54) is 13.8 Å². The summed E-state index contributed by atoms with van der Waals surface area (Å²) in [5.41, 5.74) is -4.16. The zero-order chi connectivity index (χ0) is 22.7. The van der Waals surface area contributed by atoms with Crippen molar-refractivity contribution in [3.63, 3.8) is 0 Å². The smallest absolute Gasteiger partial charge is 0.423 e. The number of rotatable bonds is 10. The van der Waals surface area contributed by atoms with E-state index in [0.29, 0.717) is 16.7 Å². The van der Waals surface area contributed by atoms with Crippen LogP contribution in [0.15, 0.2) is 21.7 Å². The van der Waals surface area contributed by atoms with Gasteiger partial charge in [-0.25, -0.2) is 4.39 Å². The molecule has 11 nitrogen and oxygen atoms in total. The maximum atomic E-state index is 13.4. The number of alkyl halides is 3. The van der Waals surface area contributed by atoms with Crippen molar-refractivity contribution in [1.29, 1.82) is 0 Å². The van der Waals surface area contributed by atoms with E-state index in [4.69, 9.17) is 9.05 Å². The Morgan fingerprint density at radius 1 is 1.23 bits per heavy atom. The Balaban J connectivity index is 2.80. The van der Waals surface area contributed by atoms with Crippen LogP contribution in [0.5, 0.6) is 5.75 Å². The second-order valence-corrected chi connectivity index (χ2v) is 7.76. The first-order valence-corrected chi connectivity index (χ1v) is 10.2. The van der Waals surface area contributed by atoms with Gasteiger partial charge in [0.25, 0.3) is 0 Å². The fourth-order valence-corrected chi connectivity index (χ4v) is 4.18. The Labute approximate surface area is 166 Å². The molecule has 0 aliphatic rings. The summed E-state index contributed by atoms with van der Waals surface area (Å²) >= 11 is 0. The van der Waals surface area contributed by atoms with Crippen molar-refractivity contribution in [1.82, 2.24) is 9.55 Å². The fraction of sp³-hybridized carbons (Fsp3) is 0.467. The highest BCUT2D eigenvalue weighted by Crippen LogP contribution is 2.49. The zero-order valence-corrected chi connectivity index (χ0v) is 16.6. The van der Waals surface area contributed by atoms with Gasteiger partial charge >= 0.3 is 30.5 Å². The molecule has 0 aliphatic carbocycles. The van der Waals surface area contributed by atoms with Gasteiger partial charge < -0.3 is 18.8 Å². The molecule has 15 heteroatoms. The molecule has 0 atom stereocenters. The van der Waals surface area contributed by atoms with Gasteiger partial charge in [-0.3, -0.25) is 28.8 Å². The van der Waals surface area contributed by atoms with Crippen molar-refractivity contribution in [3.8, 4) is 5.75 Å². The van der Waals surface area contributed by atoms with Crippen LogP contribution in [0, 0.1) is 10.1 Å². The molecule has 0 bridgehead atoms. The zero-order valence-electron chi connectivity index (χ0n) is 15.7. The Hall–Kier alpha value is -2.70. The van der Waals surface area contributed by atoms with Gasteiger partial charge in [-0.05, 0) is 13.8 Å². The van der Waals surface area contributed by atoms with Gasteiger partial charge in [-0.1, -0.05) is 0 Å². The third kappa shape index (κ3) is 5.07. The topological polar surface area (TPSA) is 143 Å². The molecule has 1 heterocycles. The number of hydrogen-bond acceptors (Lipinski definition) is 8. The Bertz CT molecular complexity index is 1110. The molecular weight excluding hydrogens is 438 g/mol. The number of H-pyrrole nitrogens is 1. The monoisotopic (exact) mass is 455 g/mol. The standard InChI is InChI=1S/C15H17F3N3O8P/c1-3-27-30(26,28-4-2)8-20-10-6-12(29-15(17,18)7-16)11(21(24)25)5-9(10)19-13(22)14(20)23/h5-6H,3-4,7-8H2,1-2H3,(H,19,22). The highest BCUT2D eigenvalue weighted by molar-refractivity contribution is 7.52. The number of nitrogens with zero attached hydrogens (tertiary/aromatic N) is 2. The molecule has 0 radical (unpaired) electrons. The van der Waals surface area contributed by atoms with E-state index in [-0.39, 0.29) is 24.2 Å². The summed E-state index contributed by atoms with van der Waals surface area (Å²) in [6.07, 6.45) is -5.18. The molecule has 30 heavy (non-hydrogen) atoms. The van der Waals surface area contributed by atoms with Crippen LogP contribution in [-0.2, 0) is 19.9 Å². The van der Waals surface area contributed by atoms with Gasteiger partial charge in [-0.2, -0.15) is 8.78 Å².